The van der Waals surface area contributed by atoms with Crippen molar-refractivity contribution in [3.63, 3.8) is 0 Å². The van der Waals surface area contributed by atoms with Crippen molar-refractivity contribution < 1.29 is 23.5 Å². The second kappa shape index (κ2) is 14.9. The second-order valence-corrected chi connectivity index (χ2v) is 15.4. The molecule has 0 aliphatic heterocycles. The average molecular weight is 719 g/mol. The summed E-state index contributed by atoms with van der Waals surface area (Å²) in [4.78, 5) is 46.6. The molecule has 13 heteroatoms. The number of benzene rings is 3. The molecule has 2 fully saturated rings. The number of anilines is 1. The minimum atomic E-state index is -0.966. The molecule has 276 valence electrons. The van der Waals surface area contributed by atoms with Gasteiger partial charge >= 0.3 is 6.09 Å². The van der Waals surface area contributed by atoms with Crippen molar-refractivity contribution in [2.24, 2.45) is 17.6 Å². The summed E-state index contributed by atoms with van der Waals surface area (Å²) in [6, 6.07) is 18.1. The van der Waals surface area contributed by atoms with Gasteiger partial charge in [-0.1, -0.05) is 24.3 Å². The van der Waals surface area contributed by atoms with Crippen LogP contribution in [0.25, 0.3) is 33.6 Å². The number of alkyl carbamates (subject to hydrolysis) is 1. The fourth-order valence-corrected chi connectivity index (χ4v) is 6.99. The van der Waals surface area contributed by atoms with E-state index in [0.717, 1.165) is 64.9 Å². The quantitative estimate of drug-likeness (QED) is 0.142. The van der Waals surface area contributed by atoms with E-state index in [1.807, 2.05) is 51.1 Å². The summed E-state index contributed by atoms with van der Waals surface area (Å²) in [7, 11) is 0. The Morgan fingerprint density at radius 3 is 2.32 bits per heavy atom. The lowest BCUT2D eigenvalue weighted by Gasteiger charge is -2.32. The van der Waals surface area contributed by atoms with Gasteiger partial charge < -0.3 is 20.2 Å². The Labute approximate surface area is 308 Å². The summed E-state index contributed by atoms with van der Waals surface area (Å²) in [5.41, 5.74) is 12.9. The van der Waals surface area contributed by atoms with E-state index in [-0.39, 0.29) is 24.2 Å². The van der Waals surface area contributed by atoms with Gasteiger partial charge in [0.15, 0.2) is 17.3 Å². The van der Waals surface area contributed by atoms with E-state index in [0.29, 0.717) is 42.4 Å². The van der Waals surface area contributed by atoms with Crippen LogP contribution in [0.3, 0.4) is 0 Å². The number of carbonyl (C=O) groups is 3. The highest BCUT2D eigenvalue weighted by atomic mass is 16.6. The minimum Gasteiger partial charge on any atom is -0.444 e. The number of aromatic nitrogens is 5. The Morgan fingerprint density at radius 1 is 0.981 bits per heavy atom. The van der Waals surface area contributed by atoms with Crippen molar-refractivity contribution in [1.82, 2.24) is 30.9 Å². The summed E-state index contributed by atoms with van der Waals surface area (Å²) in [6.45, 7) is 8.00. The topological polar surface area (TPSA) is 182 Å². The number of aromatic amines is 1. The third kappa shape index (κ3) is 8.46. The Morgan fingerprint density at radius 2 is 1.68 bits per heavy atom. The molecule has 5 aromatic rings. The molecule has 3 amide bonds. The molecule has 13 nitrogen and oxygen atoms in total. The van der Waals surface area contributed by atoms with Gasteiger partial charge in [-0.25, -0.2) is 19.8 Å². The zero-order valence-corrected chi connectivity index (χ0v) is 30.6. The molecular weight excluding hydrogens is 672 g/mol. The van der Waals surface area contributed by atoms with Crippen LogP contribution in [-0.2, 0) is 20.7 Å². The molecule has 0 radical (unpaired) electrons. The lowest BCUT2D eigenvalue weighted by Crippen LogP contribution is -2.50. The van der Waals surface area contributed by atoms with E-state index >= 15 is 0 Å². The Kier molecular flexibility index (Phi) is 10.1. The van der Waals surface area contributed by atoms with Crippen molar-refractivity contribution in [3.8, 4) is 22.5 Å². The number of H-pyrrole nitrogens is 1. The SMILES string of the molecule is Cc1cc2oc(C3CC3)nc2cc1-c1ccc(C[C@H](N)C(=O)N(c2ccc(-c3nnn[nH]3)cc2)C(=O)[C@H]2CC[C@H](CNC(=O)OC(C)(C)C)CC2)cc1. The van der Waals surface area contributed by atoms with E-state index < -0.39 is 23.6 Å². The number of nitrogens with two attached hydrogens (primary N) is 1. The van der Waals surface area contributed by atoms with Crippen LogP contribution in [0, 0.1) is 18.8 Å². The van der Waals surface area contributed by atoms with Crippen LogP contribution in [0.2, 0.25) is 0 Å². The van der Waals surface area contributed by atoms with Crippen molar-refractivity contribution in [2.75, 3.05) is 11.4 Å². The van der Waals surface area contributed by atoms with Gasteiger partial charge in [0, 0.05) is 23.9 Å². The Balaban J connectivity index is 1.04. The lowest BCUT2D eigenvalue weighted by atomic mass is 9.81. The zero-order valence-electron chi connectivity index (χ0n) is 30.6. The maximum absolute atomic E-state index is 14.2. The molecule has 0 saturated heterocycles. The summed E-state index contributed by atoms with van der Waals surface area (Å²) in [6.07, 6.45) is 4.69. The first-order chi connectivity index (χ1) is 25.4. The van der Waals surface area contributed by atoms with Crippen molar-refractivity contribution in [2.45, 2.75) is 90.2 Å². The summed E-state index contributed by atoms with van der Waals surface area (Å²) >= 11 is 0. The van der Waals surface area contributed by atoms with Gasteiger partial charge in [0.05, 0.1) is 11.7 Å². The van der Waals surface area contributed by atoms with E-state index in [1.165, 1.54) is 4.90 Å². The molecule has 0 unspecified atom stereocenters. The van der Waals surface area contributed by atoms with Crippen LogP contribution in [0.1, 0.15) is 82.2 Å². The predicted molar refractivity (Wildman–Crippen MR) is 200 cm³/mol. The molecule has 2 aliphatic rings. The lowest BCUT2D eigenvalue weighted by molar-refractivity contribution is -0.130. The normalized spacial score (nSPS) is 18.1. The first kappa shape index (κ1) is 36.0. The maximum atomic E-state index is 14.2. The summed E-state index contributed by atoms with van der Waals surface area (Å²) < 4.78 is 11.4. The van der Waals surface area contributed by atoms with Crippen LogP contribution in [-0.4, -0.2) is 61.7 Å². The smallest absolute Gasteiger partial charge is 0.407 e. The summed E-state index contributed by atoms with van der Waals surface area (Å²) in [5.74, 6) is 0.816. The number of rotatable bonds is 10. The van der Waals surface area contributed by atoms with Gasteiger partial charge in [-0.2, -0.15) is 0 Å². The second-order valence-electron chi connectivity index (χ2n) is 15.4. The third-order valence-corrected chi connectivity index (χ3v) is 10.0. The van der Waals surface area contributed by atoms with Crippen LogP contribution in [0.5, 0.6) is 0 Å². The van der Waals surface area contributed by atoms with E-state index in [1.54, 1.807) is 24.3 Å². The van der Waals surface area contributed by atoms with Crippen LogP contribution >= 0.6 is 0 Å². The van der Waals surface area contributed by atoms with Gasteiger partial charge in [-0.15, -0.1) is 5.10 Å². The van der Waals surface area contributed by atoms with Gasteiger partial charge in [0.25, 0.3) is 5.91 Å². The van der Waals surface area contributed by atoms with Crippen molar-refractivity contribution in [3.05, 3.63) is 77.7 Å². The molecule has 7 rings (SSSR count). The number of oxazole rings is 1. The van der Waals surface area contributed by atoms with Gasteiger partial charge in [0.2, 0.25) is 5.91 Å². The van der Waals surface area contributed by atoms with Gasteiger partial charge in [0.1, 0.15) is 11.1 Å². The molecule has 1 atom stereocenters. The highest BCUT2D eigenvalue weighted by molar-refractivity contribution is 6.17. The van der Waals surface area contributed by atoms with Gasteiger partial charge in [-0.3, -0.25) is 9.59 Å². The molecule has 2 aromatic heterocycles. The fourth-order valence-electron chi connectivity index (χ4n) is 6.99. The Hall–Kier alpha value is -5.43. The number of aryl methyl sites for hydroxylation is 1. The molecule has 0 bridgehead atoms. The number of hydrogen-bond donors (Lipinski definition) is 3. The molecule has 2 heterocycles. The predicted octanol–water partition coefficient (Wildman–Crippen LogP) is 6.62. The molecular formula is C40H46N8O5. The molecule has 2 saturated carbocycles. The molecule has 4 N–H and O–H groups in total. The monoisotopic (exact) mass is 718 g/mol. The zero-order chi connectivity index (χ0) is 37.3. The average Bonchev–Trinajstić information content (AvgIpc) is 3.67. The number of hydrogen-bond acceptors (Lipinski definition) is 10. The first-order valence-corrected chi connectivity index (χ1v) is 18.4. The molecule has 2 aliphatic carbocycles. The largest absolute Gasteiger partial charge is 0.444 e. The Bertz CT molecular complexity index is 2070. The van der Waals surface area contributed by atoms with Gasteiger partial charge in [-0.05, 0) is 148 Å². The number of amides is 3. The standard InChI is InChI=1S/C40H46N8O5/c1-23-19-34-33(43-36(52-34)28-13-14-28)21-31(23)26-9-5-24(6-10-26)20-32(41)38(50)48(30-17-15-27(16-18-30)35-44-46-47-45-35)37(49)29-11-7-25(8-12-29)22-42-39(51)53-40(2,3)4/h5-6,9-10,15-19,21,25,28-29,32H,7-8,11-14,20,22,41H2,1-4H3,(H,42,51)(H,44,45,46,47)/t25-,29-,32-/m0/s1. The number of tetrazole rings is 1. The first-order valence-electron chi connectivity index (χ1n) is 18.4. The minimum absolute atomic E-state index is 0.206. The van der Waals surface area contributed by atoms with Crippen molar-refractivity contribution in [1.29, 1.82) is 0 Å². The molecule has 0 spiro atoms. The van der Waals surface area contributed by atoms with Crippen LogP contribution in [0.15, 0.2) is 65.1 Å². The number of imide groups is 1. The molecule has 53 heavy (non-hydrogen) atoms. The summed E-state index contributed by atoms with van der Waals surface area (Å²) in [5, 5.41) is 16.8. The van der Waals surface area contributed by atoms with Crippen LogP contribution in [0.4, 0.5) is 10.5 Å². The number of nitrogens with one attached hydrogen (secondary N) is 2. The fraction of sp³-hybridized carbons (Fsp3) is 0.425. The van der Waals surface area contributed by atoms with E-state index in [2.05, 4.69) is 38.9 Å². The van der Waals surface area contributed by atoms with Crippen molar-refractivity contribution >= 4 is 34.7 Å². The highest BCUT2D eigenvalue weighted by Crippen LogP contribution is 2.41. The number of carbonyl (C=O) groups excluding carboxylic acids is 3. The van der Waals surface area contributed by atoms with E-state index in [4.69, 9.17) is 19.9 Å². The van der Waals surface area contributed by atoms with Crippen LogP contribution < -0.4 is 16.0 Å². The highest BCUT2D eigenvalue weighted by Gasteiger charge is 2.36. The number of nitrogens with zero attached hydrogens (tertiary/aromatic N) is 5. The maximum Gasteiger partial charge on any atom is 0.407 e. The number of fused-ring (bicyclic) bond motifs is 1. The van der Waals surface area contributed by atoms with E-state index in [9.17, 15) is 14.4 Å². The third-order valence-electron chi connectivity index (χ3n) is 10.0. The number of ether oxygens (including phenoxy) is 1. The molecule has 3 aromatic carbocycles.